The largest absolute Gasteiger partial charge is 0.497 e. The van der Waals surface area contributed by atoms with E-state index in [0.717, 1.165) is 37.0 Å². The lowest BCUT2D eigenvalue weighted by molar-refractivity contribution is -0.121. The van der Waals surface area contributed by atoms with Crippen molar-refractivity contribution in [1.29, 1.82) is 0 Å². The van der Waals surface area contributed by atoms with E-state index < -0.39 is 5.82 Å². The molecule has 0 spiro atoms. The first-order valence-corrected chi connectivity index (χ1v) is 12.4. The molecule has 0 saturated heterocycles. The molecular weight excluding hydrogens is 469 g/mol. The number of hydrogen-bond acceptors (Lipinski definition) is 6. The van der Waals surface area contributed by atoms with Crippen LogP contribution in [0.5, 0.6) is 11.5 Å². The van der Waals surface area contributed by atoms with E-state index in [1.807, 2.05) is 24.3 Å². The summed E-state index contributed by atoms with van der Waals surface area (Å²) in [5, 5.41) is 8.42. The molecule has 1 aliphatic rings. The number of nitrogens with one attached hydrogen (secondary N) is 2. The molecule has 184 valence electrons. The molecule has 3 aromatic rings. The SMILES string of the molecule is COc1ccc(CC(=O)NC2CCC(NC(=O)c3csc(COc4ccccc4F)n3)CC2)cc1. The van der Waals surface area contributed by atoms with Crippen LogP contribution < -0.4 is 20.1 Å². The highest BCUT2D eigenvalue weighted by atomic mass is 32.1. The number of hydrogen-bond donors (Lipinski definition) is 2. The first-order chi connectivity index (χ1) is 17.0. The Balaban J connectivity index is 1.18. The second kappa shape index (κ2) is 11.8. The van der Waals surface area contributed by atoms with Crippen LogP contribution in [0.25, 0.3) is 0 Å². The lowest BCUT2D eigenvalue weighted by Crippen LogP contribution is -2.44. The smallest absolute Gasteiger partial charge is 0.270 e. The third-order valence-electron chi connectivity index (χ3n) is 5.92. The van der Waals surface area contributed by atoms with Crippen molar-refractivity contribution in [3.8, 4) is 11.5 Å². The van der Waals surface area contributed by atoms with Crippen molar-refractivity contribution in [2.24, 2.45) is 0 Å². The van der Waals surface area contributed by atoms with E-state index in [1.54, 1.807) is 30.7 Å². The van der Waals surface area contributed by atoms with E-state index in [9.17, 15) is 14.0 Å². The van der Waals surface area contributed by atoms with Gasteiger partial charge in [0.05, 0.1) is 13.5 Å². The third-order valence-corrected chi connectivity index (χ3v) is 6.75. The Morgan fingerprint density at radius 2 is 1.71 bits per heavy atom. The number of methoxy groups -OCH3 is 1. The van der Waals surface area contributed by atoms with Crippen LogP contribution in [0.1, 0.15) is 46.7 Å². The van der Waals surface area contributed by atoms with Gasteiger partial charge in [-0.1, -0.05) is 24.3 Å². The molecule has 9 heteroatoms. The molecule has 7 nitrogen and oxygen atoms in total. The van der Waals surface area contributed by atoms with E-state index in [0.29, 0.717) is 17.1 Å². The number of amides is 2. The normalized spacial score (nSPS) is 17.4. The van der Waals surface area contributed by atoms with Crippen molar-refractivity contribution in [2.45, 2.75) is 50.8 Å². The van der Waals surface area contributed by atoms with Gasteiger partial charge in [-0.3, -0.25) is 9.59 Å². The molecular formula is C26H28FN3O4S. The second-order valence-corrected chi connectivity index (χ2v) is 9.40. The molecule has 0 atom stereocenters. The Morgan fingerprint density at radius 3 is 2.40 bits per heavy atom. The van der Waals surface area contributed by atoms with Crippen molar-refractivity contribution in [3.63, 3.8) is 0 Å². The summed E-state index contributed by atoms with van der Waals surface area (Å²) in [6, 6.07) is 13.8. The first kappa shape index (κ1) is 24.7. The maximum absolute atomic E-state index is 13.7. The standard InChI is InChI=1S/C26H28FN3O4S/c1-33-20-12-6-17(7-13-20)14-24(31)28-18-8-10-19(11-9-18)29-26(32)22-16-35-25(30-22)15-34-23-5-3-2-4-21(23)27/h2-7,12-13,16,18-19H,8-11,14-15H2,1H3,(H,28,31)(H,29,32). The summed E-state index contributed by atoms with van der Waals surface area (Å²) < 4.78 is 24.3. The maximum Gasteiger partial charge on any atom is 0.270 e. The minimum atomic E-state index is -0.436. The van der Waals surface area contributed by atoms with Crippen LogP contribution in [0.2, 0.25) is 0 Å². The molecule has 0 aliphatic heterocycles. The average Bonchev–Trinajstić information content (AvgIpc) is 3.34. The summed E-state index contributed by atoms with van der Waals surface area (Å²) in [6.07, 6.45) is 3.50. The van der Waals surface area contributed by atoms with E-state index in [4.69, 9.17) is 9.47 Å². The zero-order valence-electron chi connectivity index (χ0n) is 19.5. The summed E-state index contributed by atoms with van der Waals surface area (Å²) in [7, 11) is 1.61. The zero-order valence-corrected chi connectivity index (χ0v) is 20.3. The number of ether oxygens (including phenoxy) is 2. The predicted molar refractivity (Wildman–Crippen MR) is 131 cm³/mol. The molecule has 0 bridgehead atoms. The lowest BCUT2D eigenvalue weighted by atomic mass is 9.91. The summed E-state index contributed by atoms with van der Waals surface area (Å²) in [6.45, 7) is 0.0974. The van der Waals surface area contributed by atoms with Crippen LogP contribution in [0.15, 0.2) is 53.9 Å². The summed E-state index contributed by atoms with van der Waals surface area (Å²) >= 11 is 1.30. The Kier molecular flexibility index (Phi) is 8.31. The van der Waals surface area contributed by atoms with E-state index in [2.05, 4.69) is 15.6 Å². The minimum absolute atomic E-state index is 0.00439. The van der Waals surface area contributed by atoms with Crippen LogP contribution in [0, 0.1) is 5.82 Å². The van der Waals surface area contributed by atoms with Crippen molar-refractivity contribution in [1.82, 2.24) is 15.6 Å². The van der Waals surface area contributed by atoms with Gasteiger partial charge in [-0.15, -0.1) is 11.3 Å². The Bertz CT molecular complexity index is 1140. The number of para-hydroxylation sites is 1. The highest BCUT2D eigenvalue weighted by Crippen LogP contribution is 2.21. The van der Waals surface area contributed by atoms with E-state index in [1.165, 1.54) is 17.4 Å². The molecule has 35 heavy (non-hydrogen) atoms. The fourth-order valence-electron chi connectivity index (χ4n) is 4.03. The van der Waals surface area contributed by atoms with Crippen LogP contribution in [-0.2, 0) is 17.8 Å². The van der Waals surface area contributed by atoms with Gasteiger partial charge in [0.25, 0.3) is 5.91 Å². The van der Waals surface area contributed by atoms with Crippen molar-refractivity contribution in [2.75, 3.05) is 7.11 Å². The minimum Gasteiger partial charge on any atom is -0.497 e. The Labute approximate surface area is 207 Å². The van der Waals surface area contributed by atoms with Crippen molar-refractivity contribution >= 4 is 23.2 Å². The number of carbonyl (C=O) groups excluding carboxylic acids is 2. The summed E-state index contributed by atoms with van der Waals surface area (Å²) in [5.41, 5.74) is 1.27. The van der Waals surface area contributed by atoms with E-state index >= 15 is 0 Å². The molecule has 2 aromatic carbocycles. The number of rotatable bonds is 9. The molecule has 1 fully saturated rings. The molecule has 4 rings (SSSR count). The Hall–Kier alpha value is -3.46. The topological polar surface area (TPSA) is 89.6 Å². The van der Waals surface area contributed by atoms with Crippen LogP contribution >= 0.6 is 11.3 Å². The highest BCUT2D eigenvalue weighted by Gasteiger charge is 2.24. The number of thiazole rings is 1. The molecule has 1 aromatic heterocycles. The Morgan fingerprint density at radius 1 is 1.03 bits per heavy atom. The number of benzene rings is 2. The molecule has 1 saturated carbocycles. The van der Waals surface area contributed by atoms with Crippen molar-refractivity contribution in [3.05, 3.63) is 76.0 Å². The second-order valence-electron chi connectivity index (χ2n) is 8.46. The number of aromatic nitrogens is 1. The fraction of sp³-hybridized carbons (Fsp3) is 0.346. The lowest BCUT2D eigenvalue weighted by Gasteiger charge is -2.29. The fourth-order valence-corrected chi connectivity index (χ4v) is 4.72. The van der Waals surface area contributed by atoms with E-state index in [-0.39, 0.29) is 36.3 Å². The van der Waals surface area contributed by atoms with Gasteiger partial charge >= 0.3 is 0 Å². The van der Waals surface area contributed by atoms with Crippen LogP contribution in [-0.4, -0.2) is 36.0 Å². The number of carbonyl (C=O) groups is 2. The first-order valence-electron chi connectivity index (χ1n) is 11.5. The monoisotopic (exact) mass is 497 g/mol. The molecule has 0 radical (unpaired) electrons. The average molecular weight is 498 g/mol. The van der Waals surface area contributed by atoms with Crippen LogP contribution in [0.3, 0.4) is 0 Å². The third kappa shape index (κ3) is 7.02. The zero-order chi connectivity index (χ0) is 24.6. The van der Waals surface area contributed by atoms with Crippen LogP contribution in [0.4, 0.5) is 4.39 Å². The van der Waals surface area contributed by atoms with Gasteiger partial charge < -0.3 is 20.1 Å². The quantitative estimate of drug-likeness (QED) is 0.461. The predicted octanol–water partition coefficient (Wildman–Crippen LogP) is 4.27. The maximum atomic E-state index is 13.7. The van der Waals surface area contributed by atoms with Gasteiger partial charge in [-0.05, 0) is 55.5 Å². The van der Waals surface area contributed by atoms with Gasteiger partial charge in [0, 0.05) is 17.5 Å². The molecule has 0 unspecified atom stereocenters. The van der Waals surface area contributed by atoms with Gasteiger partial charge in [-0.2, -0.15) is 0 Å². The van der Waals surface area contributed by atoms with Gasteiger partial charge in [0.2, 0.25) is 5.91 Å². The van der Waals surface area contributed by atoms with Crippen molar-refractivity contribution < 1.29 is 23.5 Å². The highest BCUT2D eigenvalue weighted by molar-refractivity contribution is 7.09. The summed E-state index contributed by atoms with van der Waals surface area (Å²) in [4.78, 5) is 29.3. The number of halogens is 1. The molecule has 2 N–H and O–H groups in total. The molecule has 1 aliphatic carbocycles. The number of nitrogens with zero attached hydrogens (tertiary/aromatic N) is 1. The molecule has 2 amide bonds. The van der Waals surface area contributed by atoms with Gasteiger partial charge in [-0.25, -0.2) is 9.37 Å². The molecule has 1 heterocycles. The summed E-state index contributed by atoms with van der Waals surface area (Å²) in [5.74, 6) is 0.246. The van der Waals surface area contributed by atoms with Gasteiger partial charge in [0.1, 0.15) is 23.1 Å². The van der Waals surface area contributed by atoms with Gasteiger partial charge in [0.15, 0.2) is 11.6 Å².